The van der Waals surface area contributed by atoms with Crippen molar-refractivity contribution in [3.8, 4) is 0 Å². The zero-order valence-electron chi connectivity index (χ0n) is 6.44. The van der Waals surface area contributed by atoms with Crippen LogP contribution in [0.4, 0.5) is 5.69 Å². The minimum absolute atomic E-state index is 0. The number of aromatic nitrogens is 1. The molecule has 0 fully saturated rings. The van der Waals surface area contributed by atoms with E-state index in [0.29, 0.717) is 5.69 Å². The molecule has 0 amide bonds. The van der Waals surface area contributed by atoms with Gasteiger partial charge in [0.15, 0.2) is 0 Å². The summed E-state index contributed by atoms with van der Waals surface area (Å²) in [5.74, 6) is -1.03. The number of carboxylic acids is 1. The van der Waals surface area contributed by atoms with Gasteiger partial charge in [-0.3, -0.25) is 0 Å². The second kappa shape index (κ2) is 3.92. The molecule has 0 spiro atoms. The van der Waals surface area contributed by atoms with Crippen molar-refractivity contribution in [2.24, 2.45) is 0 Å². The number of nitrogens with zero attached hydrogens (tertiary/aromatic N) is 1. The molecule has 0 aliphatic heterocycles. The predicted molar refractivity (Wildman–Crippen MR) is 47.6 cm³/mol. The third kappa shape index (κ3) is 2.10. The summed E-state index contributed by atoms with van der Waals surface area (Å²) in [6.45, 7) is 1.74. The second-order valence-corrected chi connectivity index (χ2v) is 2.23. The van der Waals surface area contributed by atoms with Gasteiger partial charge in [-0.15, -0.1) is 12.4 Å². The number of carboxylic acid groups (broad SMARTS) is 1. The number of nitrogen functional groups attached to an aromatic ring is 1. The van der Waals surface area contributed by atoms with Crippen molar-refractivity contribution in [3.63, 3.8) is 0 Å². The molecule has 0 unspecified atom stereocenters. The Hall–Kier alpha value is -1.29. The number of anilines is 1. The van der Waals surface area contributed by atoms with E-state index >= 15 is 0 Å². The fraction of sp³-hybridized carbons (Fsp3) is 0.143. The summed E-state index contributed by atoms with van der Waals surface area (Å²) in [6.07, 6.45) is 1.35. The predicted octanol–water partition coefficient (Wildman–Crippen LogP) is 1.09. The smallest absolute Gasteiger partial charge is 0.354 e. The standard InChI is InChI=1S/C7H8N2O2.ClH/c1-4-2-6(7(10)11)9-3-5(4)8;/h2-3H,8H2,1H3,(H,10,11);1H. The van der Waals surface area contributed by atoms with Gasteiger partial charge in [-0.1, -0.05) is 0 Å². The Labute approximate surface area is 75.8 Å². The van der Waals surface area contributed by atoms with Crippen molar-refractivity contribution < 1.29 is 9.90 Å². The van der Waals surface area contributed by atoms with Crippen LogP contribution in [0.1, 0.15) is 16.1 Å². The molecule has 5 heteroatoms. The molecule has 1 aromatic heterocycles. The lowest BCUT2D eigenvalue weighted by Crippen LogP contribution is -2.02. The summed E-state index contributed by atoms with van der Waals surface area (Å²) in [4.78, 5) is 14.0. The molecule has 3 N–H and O–H groups in total. The number of halogens is 1. The zero-order valence-corrected chi connectivity index (χ0v) is 7.26. The molecule has 4 nitrogen and oxygen atoms in total. The monoisotopic (exact) mass is 188 g/mol. The topological polar surface area (TPSA) is 76.2 Å². The lowest BCUT2D eigenvalue weighted by atomic mass is 10.2. The molecule has 0 aromatic carbocycles. The van der Waals surface area contributed by atoms with Gasteiger partial charge in [0.25, 0.3) is 0 Å². The fourth-order valence-corrected chi connectivity index (χ4v) is 0.684. The number of pyridine rings is 1. The Morgan fingerprint density at radius 1 is 1.67 bits per heavy atom. The minimum Gasteiger partial charge on any atom is -0.477 e. The first-order valence-corrected chi connectivity index (χ1v) is 3.06. The molecule has 1 aromatic rings. The van der Waals surface area contributed by atoms with Crippen LogP contribution in [-0.4, -0.2) is 16.1 Å². The van der Waals surface area contributed by atoms with E-state index in [1.165, 1.54) is 12.3 Å². The van der Waals surface area contributed by atoms with Gasteiger partial charge in [-0.2, -0.15) is 0 Å². The average molecular weight is 189 g/mol. The van der Waals surface area contributed by atoms with E-state index < -0.39 is 5.97 Å². The first kappa shape index (κ1) is 10.7. The lowest BCUT2D eigenvalue weighted by molar-refractivity contribution is 0.0690. The van der Waals surface area contributed by atoms with Crippen molar-refractivity contribution in [1.29, 1.82) is 0 Å². The van der Waals surface area contributed by atoms with E-state index in [9.17, 15) is 4.79 Å². The maximum absolute atomic E-state index is 10.4. The van der Waals surface area contributed by atoms with Gasteiger partial charge >= 0.3 is 5.97 Å². The van der Waals surface area contributed by atoms with Gasteiger partial charge in [0, 0.05) is 0 Å². The van der Waals surface area contributed by atoms with Gasteiger partial charge in [-0.05, 0) is 18.6 Å². The minimum atomic E-state index is -1.03. The molecular formula is C7H9ClN2O2. The van der Waals surface area contributed by atoms with E-state index in [1.807, 2.05) is 0 Å². The highest BCUT2D eigenvalue weighted by atomic mass is 35.5. The summed E-state index contributed by atoms with van der Waals surface area (Å²) in [5.41, 5.74) is 6.70. The number of aryl methyl sites for hydroxylation is 1. The van der Waals surface area contributed by atoms with Crippen molar-refractivity contribution in [2.45, 2.75) is 6.92 Å². The summed E-state index contributed by atoms with van der Waals surface area (Å²) in [6, 6.07) is 1.44. The highest BCUT2D eigenvalue weighted by Gasteiger charge is 2.04. The van der Waals surface area contributed by atoms with Crippen LogP contribution in [0.25, 0.3) is 0 Å². The molecule has 0 aliphatic rings. The molecule has 0 bridgehead atoms. The third-order valence-electron chi connectivity index (χ3n) is 1.37. The van der Waals surface area contributed by atoms with Crippen LogP contribution in [0, 0.1) is 6.92 Å². The average Bonchev–Trinajstić information content (AvgIpc) is 1.94. The normalized spacial score (nSPS) is 8.75. The number of rotatable bonds is 1. The fourth-order valence-electron chi connectivity index (χ4n) is 0.684. The van der Waals surface area contributed by atoms with Gasteiger partial charge in [0.05, 0.1) is 11.9 Å². The first-order valence-electron chi connectivity index (χ1n) is 3.06. The molecule has 0 aliphatic carbocycles. The van der Waals surface area contributed by atoms with Crippen molar-refractivity contribution in [2.75, 3.05) is 5.73 Å². The Kier molecular flexibility index (Phi) is 3.50. The van der Waals surface area contributed by atoms with E-state index in [0.717, 1.165) is 5.56 Å². The lowest BCUT2D eigenvalue weighted by Gasteiger charge is -1.98. The second-order valence-electron chi connectivity index (χ2n) is 2.23. The molecule has 1 rings (SSSR count). The maximum Gasteiger partial charge on any atom is 0.354 e. The molecule has 0 saturated carbocycles. The highest BCUT2D eigenvalue weighted by Crippen LogP contribution is 2.08. The van der Waals surface area contributed by atoms with Crippen LogP contribution in [0.15, 0.2) is 12.3 Å². The zero-order chi connectivity index (χ0) is 8.43. The quantitative estimate of drug-likeness (QED) is 0.692. The molecule has 1 heterocycles. The van der Waals surface area contributed by atoms with Gasteiger partial charge in [0.2, 0.25) is 0 Å². The Morgan fingerprint density at radius 2 is 2.25 bits per heavy atom. The van der Waals surface area contributed by atoms with Crippen LogP contribution in [-0.2, 0) is 0 Å². The number of nitrogens with two attached hydrogens (primary N) is 1. The van der Waals surface area contributed by atoms with E-state index in [2.05, 4.69) is 4.98 Å². The van der Waals surface area contributed by atoms with Crippen LogP contribution >= 0.6 is 12.4 Å². The number of carbonyl (C=O) groups is 1. The van der Waals surface area contributed by atoms with E-state index in [-0.39, 0.29) is 18.1 Å². The Bertz CT molecular complexity index is 301. The third-order valence-corrected chi connectivity index (χ3v) is 1.37. The molecule has 12 heavy (non-hydrogen) atoms. The first-order chi connectivity index (χ1) is 5.11. The van der Waals surface area contributed by atoms with Crippen LogP contribution in [0.3, 0.4) is 0 Å². The van der Waals surface area contributed by atoms with E-state index in [4.69, 9.17) is 10.8 Å². The number of hydrogen-bond acceptors (Lipinski definition) is 3. The van der Waals surface area contributed by atoms with Crippen LogP contribution in [0.5, 0.6) is 0 Å². The highest BCUT2D eigenvalue weighted by molar-refractivity contribution is 5.86. The van der Waals surface area contributed by atoms with Gasteiger partial charge in [-0.25, -0.2) is 9.78 Å². The summed E-state index contributed by atoms with van der Waals surface area (Å²) in [5, 5.41) is 8.50. The SMILES string of the molecule is Cc1cc(C(=O)O)ncc1N.Cl. The summed E-state index contributed by atoms with van der Waals surface area (Å²) in [7, 11) is 0. The Balaban J connectivity index is 0.00000121. The number of hydrogen-bond donors (Lipinski definition) is 2. The maximum atomic E-state index is 10.4. The van der Waals surface area contributed by atoms with Gasteiger partial charge in [0.1, 0.15) is 5.69 Å². The number of aromatic carboxylic acids is 1. The molecule has 66 valence electrons. The molecule has 0 saturated heterocycles. The molecule has 0 radical (unpaired) electrons. The van der Waals surface area contributed by atoms with Crippen molar-refractivity contribution >= 4 is 24.1 Å². The van der Waals surface area contributed by atoms with Crippen molar-refractivity contribution in [1.82, 2.24) is 4.98 Å². The van der Waals surface area contributed by atoms with E-state index in [1.54, 1.807) is 6.92 Å². The molecular weight excluding hydrogens is 180 g/mol. The summed E-state index contributed by atoms with van der Waals surface area (Å²) < 4.78 is 0. The van der Waals surface area contributed by atoms with Crippen LogP contribution in [0.2, 0.25) is 0 Å². The largest absolute Gasteiger partial charge is 0.477 e. The van der Waals surface area contributed by atoms with Gasteiger partial charge < -0.3 is 10.8 Å². The molecule has 0 atom stereocenters. The summed E-state index contributed by atoms with van der Waals surface area (Å²) >= 11 is 0. The van der Waals surface area contributed by atoms with Crippen LogP contribution < -0.4 is 5.73 Å². The van der Waals surface area contributed by atoms with Crippen molar-refractivity contribution in [3.05, 3.63) is 23.5 Å². The Morgan fingerprint density at radius 3 is 2.67 bits per heavy atom.